The summed E-state index contributed by atoms with van der Waals surface area (Å²) in [6, 6.07) is 16.5. The average Bonchev–Trinajstić information content (AvgIpc) is 3.25. The predicted molar refractivity (Wildman–Crippen MR) is 122 cm³/mol. The van der Waals surface area contributed by atoms with Crippen molar-refractivity contribution in [3.63, 3.8) is 0 Å². The molecule has 0 aliphatic rings. The molecule has 2 aromatic heterocycles. The van der Waals surface area contributed by atoms with Crippen LogP contribution < -0.4 is 10.9 Å². The highest BCUT2D eigenvalue weighted by Gasteiger charge is 2.14. The third kappa shape index (κ3) is 4.98. The largest absolute Gasteiger partial charge is 0.465 e. The maximum absolute atomic E-state index is 12.8. The van der Waals surface area contributed by atoms with Crippen molar-refractivity contribution in [1.82, 2.24) is 24.6 Å². The number of amides is 1. The molecule has 9 heteroatoms. The third-order valence-corrected chi connectivity index (χ3v) is 5.24. The van der Waals surface area contributed by atoms with Crippen molar-refractivity contribution in [3.05, 3.63) is 94.2 Å². The molecule has 0 unspecified atom stereocenters. The Bertz CT molecular complexity index is 1340. The molecule has 2 aromatic carbocycles. The van der Waals surface area contributed by atoms with Crippen molar-refractivity contribution in [2.45, 2.75) is 19.5 Å². The summed E-state index contributed by atoms with van der Waals surface area (Å²) in [7, 11) is 1.30. The molecule has 1 amide bonds. The predicted octanol–water partition coefficient (Wildman–Crippen LogP) is 1.79. The standard InChI is InChI=1S/C24H23N5O4/c1-33-24(32)19-10-6-5-9-18(19)13-21(30)25-11-12-29-22-20(14-27-29)23(31)28(16-26-22)15-17-7-3-2-4-8-17/h2-10,14,16H,11-13,15H2,1H3,(H,25,30). The fourth-order valence-electron chi connectivity index (χ4n) is 3.57. The summed E-state index contributed by atoms with van der Waals surface area (Å²) in [6.45, 7) is 1.07. The maximum Gasteiger partial charge on any atom is 0.338 e. The van der Waals surface area contributed by atoms with E-state index in [1.807, 2.05) is 30.3 Å². The molecule has 168 valence electrons. The van der Waals surface area contributed by atoms with Gasteiger partial charge in [-0.2, -0.15) is 5.10 Å². The summed E-state index contributed by atoms with van der Waals surface area (Å²) in [5.41, 5.74) is 2.26. The van der Waals surface area contributed by atoms with E-state index in [9.17, 15) is 14.4 Å². The first kappa shape index (κ1) is 21.9. The zero-order valence-electron chi connectivity index (χ0n) is 18.1. The van der Waals surface area contributed by atoms with Gasteiger partial charge in [0.05, 0.1) is 38.4 Å². The molecule has 4 rings (SSSR count). The van der Waals surface area contributed by atoms with Crippen molar-refractivity contribution >= 4 is 22.9 Å². The molecule has 0 bridgehead atoms. The Morgan fingerprint density at radius 2 is 1.82 bits per heavy atom. The zero-order chi connectivity index (χ0) is 23.2. The molecule has 0 atom stereocenters. The summed E-state index contributed by atoms with van der Waals surface area (Å²) < 4.78 is 7.90. The number of rotatable bonds is 8. The SMILES string of the molecule is COC(=O)c1ccccc1CC(=O)NCCn1ncc2c(=O)n(Cc3ccccc3)cnc21. The highest BCUT2D eigenvalue weighted by molar-refractivity contribution is 5.93. The number of nitrogens with zero attached hydrogens (tertiary/aromatic N) is 4. The van der Waals surface area contributed by atoms with E-state index in [1.165, 1.54) is 19.6 Å². The molecule has 1 N–H and O–H groups in total. The van der Waals surface area contributed by atoms with Gasteiger partial charge in [0.15, 0.2) is 5.65 Å². The van der Waals surface area contributed by atoms with E-state index in [-0.39, 0.29) is 17.9 Å². The fraction of sp³-hybridized carbons (Fsp3) is 0.208. The minimum Gasteiger partial charge on any atom is -0.465 e. The van der Waals surface area contributed by atoms with Crippen LogP contribution in [0, 0.1) is 0 Å². The number of carbonyl (C=O) groups excluding carboxylic acids is 2. The number of aromatic nitrogens is 4. The van der Waals surface area contributed by atoms with Gasteiger partial charge in [-0.3, -0.25) is 14.2 Å². The molecule has 0 saturated carbocycles. The number of hydrogen-bond acceptors (Lipinski definition) is 6. The van der Waals surface area contributed by atoms with Crippen molar-refractivity contribution in [3.8, 4) is 0 Å². The molecule has 33 heavy (non-hydrogen) atoms. The fourth-order valence-corrected chi connectivity index (χ4v) is 3.57. The van der Waals surface area contributed by atoms with Gasteiger partial charge in [0.1, 0.15) is 11.7 Å². The van der Waals surface area contributed by atoms with E-state index in [1.54, 1.807) is 33.5 Å². The smallest absolute Gasteiger partial charge is 0.338 e. The van der Waals surface area contributed by atoms with Crippen LogP contribution in [0.1, 0.15) is 21.5 Å². The number of ether oxygens (including phenoxy) is 1. The van der Waals surface area contributed by atoms with Gasteiger partial charge < -0.3 is 10.1 Å². The Morgan fingerprint density at radius 3 is 2.61 bits per heavy atom. The van der Waals surface area contributed by atoms with Gasteiger partial charge in [-0.15, -0.1) is 0 Å². The van der Waals surface area contributed by atoms with Gasteiger partial charge >= 0.3 is 5.97 Å². The van der Waals surface area contributed by atoms with Crippen molar-refractivity contribution in [2.24, 2.45) is 0 Å². The number of benzene rings is 2. The van der Waals surface area contributed by atoms with Gasteiger partial charge in [0, 0.05) is 6.54 Å². The minimum absolute atomic E-state index is 0.0492. The lowest BCUT2D eigenvalue weighted by atomic mass is 10.0. The van der Waals surface area contributed by atoms with E-state index >= 15 is 0 Å². The van der Waals surface area contributed by atoms with Gasteiger partial charge in [-0.05, 0) is 17.2 Å². The lowest BCUT2D eigenvalue weighted by Gasteiger charge is -2.09. The van der Waals surface area contributed by atoms with E-state index < -0.39 is 5.97 Å². The summed E-state index contributed by atoms with van der Waals surface area (Å²) >= 11 is 0. The van der Waals surface area contributed by atoms with E-state index in [0.717, 1.165) is 5.56 Å². The monoisotopic (exact) mass is 445 g/mol. The zero-order valence-corrected chi connectivity index (χ0v) is 18.1. The Labute approximate surface area is 189 Å². The Kier molecular flexibility index (Phi) is 6.58. The van der Waals surface area contributed by atoms with Gasteiger partial charge in [-0.25, -0.2) is 14.5 Å². The lowest BCUT2D eigenvalue weighted by Crippen LogP contribution is -2.29. The molecule has 9 nitrogen and oxygen atoms in total. The van der Waals surface area contributed by atoms with Crippen LogP contribution in [0.5, 0.6) is 0 Å². The van der Waals surface area contributed by atoms with Crippen LogP contribution in [0.15, 0.2) is 71.9 Å². The summed E-state index contributed by atoms with van der Waals surface area (Å²) in [5, 5.41) is 7.50. The highest BCUT2D eigenvalue weighted by Crippen LogP contribution is 2.11. The molecule has 0 saturated heterocycles. The Morgan fingerprint density at radius 1 is 1.06 bits per heavy atom. The summed E-state index contributed by atoms with van der Waals surface area (Å²) in [4.78, 5) is 41.5. The quantitative estimate of drug-likeness (QED) is 0.414. The molecule has 0 fully saturated rings. The Hall–Kier alpha value is -4.27. The van der Waals surface area contributed by atoms with Crippen LogP contribution >= 0.6 is 0 Å². The maximum atomic E-state index is 12.8. The minimum atomic E-state index is -0.481. The highest BCUT2D eigenvalue weighted by atomic mass is 16.5. The normalized spacial score (nSPS) is 10.8. The second-order valence-electron chi connectivity index (χ2n) is 7.44. The first-order valence-corrected chi connectivity index (χ1v) is 10.4. The molecular weight excluding hydrogens is 422 g/mol. The van der Waals surface area contributed by atoms with Crippen molar-refractivity contribution in [1.29, 1.82) is 0 Å². The molecule has 2 heterocycles. The lowest BCUT2D eigenvalue weighted by molar-refractivity contribution is -0.120. The van der Waals surface area contributed by atoms with E-state index in [0.29, 0.717) is 41.8 Å². The average molecular weight is 445 g/mol. The topological polar surface area (TPSA) is 108 Å². The number of methoxy groups -OCH3 is 1. The number of esters is 1. The molecule has 4 aromatic rings. The van der Waals surface area contributed by atoms with Crippen LogP contribution in [-0.2, 0) is 29.0 Å². The second-order valence-corrected chi connectivity index (χ2v) is 7.44. The first-order chi connectivity index (χ1) is 16.1. The molecule has 0 aliphatic carbocycles. The number of fused-ring (bicyclic) bond motifs is 1. The molecular formula is C24H23N5O4. The van der Waals surface area contributed by atoms with Crippen molar-refractivity contribution < 1.29 is 14.3 Å². The van der Waals surface area contributed by atoms with Crippen LogP contribution in [0.3, 0.4) is 0 Å². The van der Waals surface area contributed by atoms with Crippen LogP contribution in [0.2, 0.25) is 0 Å². The number of nitrogens with one attached hydrogen (secondary N) is 1. The second kappa shape index (κ2) is 9.90. The molecule has 0 aliphatic heterocycles. The first-order valence-electron chi connectivity index (χ1n) is 10.4. The van der Waals surface area contributed by atoms with Crippen LogP contribution in [0.25, 0.3) is 11.0 Å². The van der Waals surface area contributed by atoms with E-state index in [4.69, 9.17) is 4.74 Å². The Balaban J connectivity index is 1.39. The van der Waals surface area contributed by atoms with Crippen LogP contribution in [0.4, 0.5) is 0 Å². The van der Waals surface area contributed by atoms with Crippen LogP contribution in [-0.4, -0.2) is 44.9 Å². The summed E-state index contributed by atoms with van der Waals surface area (Å²) in [6.07, 6.45) is 3.06. The third-order valence-electron chi connectivity index (χ3n) is 5.24. The molecule has 0 spiro atoms. The molecule has 0 radical (unpaired) electrons. The summed E-state index contributed by atoms with van der Waals surface area (Å²) in [5.74, 6) is -0.716. The van der Waals surface area contributed by atoms with Gasteiger partial charge in [0.25, 0.3) is 5.56 Å². The van der Waals surface area contributed by atoms with Gasteiger partial charge in [-0.1, -0.05) is 48.5 Å². The number of carbonyl (C=O) groups is 2. The van der Waals surface area contributed by atoms with Gasteiger partial charge in [0.2, 0.25) is 5.91 Å². The van der Waals surface area contributed by atoms with Crippen molar-refractivity contribution in [2.75, 3.05) is 13.7 Å². The van der Waals surface area contributed by atoms with E-state index in [2.05, 4.69) is 15.4 Å². The number of hydrogen-bond donors (Lipinski definition) is 1.